The standard InChI is InChI=1S/C18H30N2/c1-4-14-20(16-12-13-16)17(5-2)18(19-6-3)15-10-8-7-9-11-15/h7-11,16-19H,4-6,12-14H2,1-3H3. The molecule has 2 rings (SSSR count). The Labute approximate surface area is 124 Å². The van der Waals surface area contributed by atoms with Gasteiger partial charge >= 0.3 is 0 Å². The van der Waals surface area contributed by atoms with Crippen LogP contribution >= 0.6 is 0 Å². The molecule has 1 saturated carbocycles. The molecule has 0 saturated heterocycles. The van der Waals surface area contributed by atoms with Crippen LogP contribution in [-0.4, -0.2) is 30.1 Å². The summed E-state index contributed by atoms with van der Waals surface area (Å²) in [6.45, 7) is 9.11. The fourth-order valence-electron chi connectivity index (χ4n) is 3.30. The second kappa shape index (κ2) is 7.80. The molecule has 0 aromatic heterocycles. The van der Waals surface area contributed by atoms with Crippen molar-refractivity contribution < 1.29 is 0 Å². The normalized spacial score (nSPS) is 18.2. The van der Waals surface area contributed by atoms with Crippen molar-refractivity contribution in [3.05, 3.63) is 35.9 Å². The molecule has 0 spiro atoms. The van der Waals surface area contributed by atoms with Gasteiger partial charge < -0.3 is 5.32 Å². The van der Waals surface area contributed by atoms with Gasteiger partial charge in [0.2, 0.25) is 0 Å². The second-order valence-electron chi connectivity index (χ2n) is 5.89. The Hall–Kier alpha value is -0.860. The first-order valence-electron chi connectivity index (χ1n) is 8.35. The molecule has 0 aliphatic heterocycles. The summed E-state index contributed by atoms with van der Waals surface area (Å²) in [4.78, 5) is 2.76. The van der Waals surface area contributed by atoms with E-state index in [2.05, 4.69) is 61.3 Å². The molecule has 1 aromatic rings. The lowest BCUT2D eigenvalue weighted by atomic mass is 9.95. The van der Waals surface area contributed by atoms with Crippen molar-refractivity contribution in [1.29, 1.82) is 0 Å². The van der Waals surface area contributed by atoms with E-state index in [1.165, 1.54) is 37.8 Å². The molecule has 1 aromatic carbocycles. The Kier molecular flexibility index (Phi) is 6.06. The van der Waals surface area contributed by atoms with Crippen LogP contribution in [0.4, 0.5) is 0 Å². The van der Waals surface area contributed by atoms with Gasteiger partial charge in [0, 0.05) is 18.1 Å². The van der Waals surface area contributed by atoms with Crippen molar-refractivity contribution in [3.63, 3.8) is 0 Å². The SMILES string of the molecule is CCCN(C1CC1)C(CC)C(NCC)c1ccccc1. The summed E-state index contributed by atoms with van der Waals surface area (Å²) in [6, 6.07) is 12.9. The molecule has 1 fully saturated rings. The highest BCUT2D eigenvalue weighted by Crippen LogP contribution is 2.34. The molecule has 0 heterocycles. The molecular formula is C18H30N2. The number of nitrogens with zero attached hydrogens (tertiary/aromatic N) is 1. The van der Waals surface area contributed by atoms with Gasteiger partial charge in [-0.25, -0.2) is 0 Å². The molecule has 2 heteroatoms. The molecule has 0 radical (unpaired) electrons. The van der Waals surface area contributed by atoms with Gasteiger partial charge in [0.05, 0.1) is 0 Å². The van der Waals surface area contributed by atoms with Crippen LogP contribution in [0.1, 0.15) is 58.1 Å². The summed E-state index contributed by atoms with van der Waals surface area (Å²) >= 11 is 0. The van der Waals surface area contributed by atoms with E-state index in [1.54, 1.807) is 0 Å². The molecule has 1 N–H and O–H groups in total. The number of hydrogen-bond donors (Lipinski definition) is 1. The highest BCUT2D eigenvalue weighted by Gasteiger charge is 2.36. The van der Waals surface area contributed by atoms with E-state index in [9.17, 15) is 0 Å². The third-order valence-corrected chi connectivity index (χ3v) is 4.31. The van der Waals surface area contributed by atoms with Crippen LogP contribution < -0.4 is 5.32 Å². The van der Waals surface area contributed by atoms with E-state index in [4.69, 9.17) is 0 Å². The maximum atomic E-state index is 3.73. The molecule has 1 aliphatic rings. The molecular weight excluding hydrogens is 244 g/mol. The first-order valence-corrected chi connectivity index (χ1v) is 8.35. The van der Waals surface area contributed by atoms with E-state index in [0.717, 1.165) is 12.6 Å². The minimum atomic E-state index is 0.457. The monoisotopic (exact) mass is 274 g/mol. The summed E-state index contributed by atoms with van der Waals surface area (Å²) in [5.74, 6) is 0. The Balaban J connectivity index is 2.19. The molecule has 20 heavy (non-hydrogen) atoms. The van der Waals surface area contributed by atoms with E-state index in [-0.39, 0.29) is 0 Å². The van der Waals surface area contributed by atoms with Crippen LogP contribution in [0.15, 0.2) is 30.3 Å². The van der Waals surface area contributed by atoms with E-state index in [1.807, 2.05) is 0 Å². The first-order chi connectivity index (χ1) is 9.81. The highest BCUT2D eigenvalue weighted by molar-refractivity contribution is 5.21. The number of likely N-dealkylation sites (N-methyl/N-ethyl adjacent to an activating group) is 1. The van der Waals surface area contributed by atoms with E-state index < -0.39 is 0 Å². The lowest BCUT2D eigenvalue weighted by molar-refractivity contribution is 0.143. The molecule has 2 unspecified atom stereocenters. The van der Waals surface area contributed by atoms with Crippen molar-refractivity contribution in [2.24, 2.45) is 0 Å². The van der Waals surface area contributed by atoms with E-state index in [0.29, 0.717) is 12.1 Å². The van der Waals surface area contributed by atoms with Gasteiger partial charge in [-0.3, -0.25) is 4.90 Å². The number of benzene rings is 1. The molecule has 112 valence electrons. The van der Waals surface area contributed by atoms with Gasteiger partial charge in [0.15, 0.2) is 0 Å². The largest absolute Gasteiger partial charge is 0.309 e. The summed E-state index contributed by atoms with van der Waals surface area (Å²) in [5, 5.41) is 3.73. The number of rotatable bonds is 9. The van der Waals surface area contributed by atoms with Crippen LogP contribution in [0.25, 0.3) is 0 Å². The van der Waals surface area contributed by atoms with Crippen molar-refractivity contribution >= 4 is 0 Å². The van der Waals surface area contributed by atoms with Crippen LogP contribution in [0.3, 0.4) is 0 Å². The van der Waals surface area contributed by atoms with Gasteiger partial charge in [-0.05, 0) is 44.3 Å². The Morgan fingerprint density at radius 2 is 1.85 bits per heavy atom. The summed E-state index contributed by atoms with van der Waals surface area (Å²) < 4.78 is 0. The molecule has 1 aliphatic carbocycles. The van der Waals surface area contributed by atoms with Crippen LogP contribution in [0.5, 0.6) is 0 Å². The fourth-order valence-corrected chi connectivity index (χ4v) is 3.30. The first kappa shape index (κ1) is 15.5. The maximum absolute atomic E-state index is 3.73. The van der Waals surface area contributed by atoms with E-state index >= 15 is 0 Å². The molecule has 2 atom stereocenters. The maximum Gasteiger partial charge on any atom is 0.0478 e. The third kappa shape index (κ3) is 3.83. The third-order valence-electron chi connectivity index (χ3n) is 4.31. The summed E-state index contributed by atoms with van der Waals surface area (Å²) in [7, 11) is 0. The summed E-state index contributed by atoms with van der Waals surface area (Å²) in [6.07, 6.45) is 5.25. The van der Waals surface area contributed by atoms with Gasteiger partial charge in [-0.15, -0.1) is 0 Å². The van der Waals surface area contributed by atoms with Crippen LogP contribution in [0, 0.1) is 0 Å². The minimum absolute atomic E-state index is 0.457. The Morgan fingerprint density at radius 1 is 1.15 bits per heavy atom. The molecule has 0 bridgehead atoms. The second-order valence-corrected chi connectivity index (χ2v) is 5.89. The predicted molar refractivity (Wildman–Crippen MR) is 87.0 cm³/mol. The highest BCUT2D eigenvalue weighted by atomic mass is 15.2. The van der Waals surface area contributed by atoms with Crippen LogP contribution in [-0.2, 0) is 0 Å². The lowest BCUT2D eigenvalue weighted by Gasteiger charge is -2.37. The zero-order valence-corrected chi connectivity index (χ0v) is 13.3. The van der Waals surface area contributed by atoms with Gasteiger partial charge in [-0.1, -0.05) is 51.1 Å². The zero-order chi connectivity index (χ0) is 14.4. The summed E-state index contributed by atoms with van der Waals surface area (Å²) in [5.41, 5.74) is 1.43. The molecule has 2 nitrogen and oxygen atoms in total. The Morgan fingerprint density at radius 3 is 2.35 bits per heavy atom. The van der Waals surface area contributed by atoms with Crippen molar-refractivity contribution in [2.75, 3.05) is 13.1 Å². The van der Waals surface area contributed by atoms with Gasteiger partial charge in [-0.2, -0.15) is 0 Å². The van der Waals surface area contributed by atoms with Crippen molar-refractivity contribution in [2.45, 2.75) is 64.6 Å². The lowest BCUT2D eigenvalue weighted by Crippen LogP contribution is -2.46. The van der Waals surface area contributed by atoms with Gasteiger partial charge in [0.1, 0.15) is 0 Å². The molecule has 0 amide bonds. The topological polar surface area (TPSA) is 15.3 Å². The number of nitrogens with one attached hydrogen (secondary N) is 1. The number of hydrogen-bond acceptors (Lipinski definition) is 2. The average Bonchev–Trinajstić information content (AvgIpc) is 3.31. The zero-order valence-electron chi connectivity index (χ0n) is 13.3. The smallest absolute Gasteiger partial charge is 0.0478 e. The quantitative estimate of drug-likeness (QED) is 0.732. The predicted octanol–water partition coefficient (Wildman–Crippen LogP) is 3.99. The van der Waals surface area contributed by atoms with Crippen LogP contribution in [0.2, 0.25) is 0 Å². The minimum Gasteiger partial charge on any atom is -0.309 e. The van der Waals surface area contributed by atoms with Gasteiger partial charge in [0.25, 0.3) is 0 Å². The van der Waals surface area contributed by atoms with Crippen molar-refractivity contribution in [1.82, 2.24) is 10.2 Å². The Bertz CT molecular complexity index is 372. The van der Waals surface area contributed by atoms with Crippen molar-refractivity contribution in [3.8, 4) is 0 Å². The fraction of sp³-hybridized carbons (Fsp3) is 0.667. The average molecular weight is 274 g/mol.